The lowest BCUT2D eigenvalue weighted by Crippen LogP contribution is -2.26. The first-order chi connectivity index (χ1) is 9.67. The standard InChI is InChI=1S/C16H23Br2NS/c17-14-11-12(15(18)20-14)5-8-16(6-1-2-7-16)9-10-19-13-3-4-13/h11,13,19H,1-10H2. The number of hydrogen-bond acceptors (Lipinski definition) is 2. The lowest BCUT2D eigenvalue weighted by Gasteiger charge is -2.29. The molecule has 0 aromatic carbocycles. The molecule has 2 aliphatic rings. The molecule has 1 N–H and O–H groups in total. The summed E-state index contributed by atoms with van der Waals surface area (Å²) in [6.45, 7) is 1.24. The lowest BCUT2D eigenvalue weighted by atomic mass is 9.78. The van der Waals surface area contributed by atoms with Crippen LogP contribution in [-0.4, -0.2) is 12.6 Å². The molecule has 2 aliphatic carbocycles. The lowest BCUT2D eigenvalue weighted by molar-refractivity contribution is 0.245. The van der Waals surface area contributed by atoms with E-state index in [1.165, 1.54) is 77.5 Å². The number of rotatable bonds is 7. The third-order valence-corrected chi connectivity index (χ3v) is 7.45. The molecule has 0 unspecified atom stereocenters. The van der Waals surface area contributed by atoms with Gasteiger partial charge in [0.25, 0.3) is 0 Å². The largest absolute Gasteiger partial charge is 0.314 e. The van der Waals surface area contributed by atoms with Crippen molar-refractivity contribution < 1.29 is 0 Å². The molecule has 1 aromatic heterocycles. The Hall–Kier alpha value is 0.620. The summed E-state index contributed by atoms with van der Waals surface area (Å²) in [5.41, 5.74) is 2.11. The average Bonchev–Trinajstić information content (AvgIpc) is 3.01. The summed E-state index contributed by atoms with van der Waals surface area (Å²) in [4.78, 5) is 0. The first kappa shape index (κ1) is 15.5. The molecule has 1 nitrogen and oxygen atoms in total. The van der Waals surface area contributed by atoms with Crippen molar-refractivity contribution >= 4 is 43.2 Å². The van der Waals surface area contributed by atoms with Crippen LogP contribution in [0.15, 0.2) is 13.6 Å². The van der Waals surface area contributed by atoms with E-state index in [4.69, 9.17) is 0 Å². The predicted octanol–water partition coefficient (Wildman–Crippen LogP) is 5.91. The van der Waals surface area contributed by atoms with Crippen LogP contribution in [0.4, 0.5) is 0 Å². The van der Waals surface area contributed by atoms with Gasteiger partial charge >= 0.3 is 0 Å². The van der Waals surface area contributed by atoms with Crippen molar-refractivity contribution in [2.45, 2.75) is 63.8 Å². The molecule has 2 fully saturated rings. The molecule has 0 aliphatic heterocycles. The Labute approximate surface area is 143 Å². The highest BCUT2D eigenvalue weighted by atomic mass is 79.9. The molecule has 112 valence electrons. The Bertz CT molecular complexity index is 447. The molecule has 0 atom stereocenters. The van der Waals surface area contributed by atoms with Gasteiger partial charge in [-0.15, -0.1) is 11.3 Å². The monoisotopic (exact) mass is 419 g/mol. The second-order valence-electron chi connectivity index (χ2n) is 6.53. The van der Waals surface area contributed by atoms with Gasteiger partial charge < -0.3 is 5.32 Å². The predicted molar refractivity (Wildman–Crippen MR) is 94.6 cm³/mol. The third-order valence-electron chi connectivity index (χ3n) is 4.98. The van der Waals surface area contributed by atoms with E-state index in [9.17, 15) is 0 Å². The van der Waals surface area contributed by atoms with Crippen molar-refractivity contribution in [2.24, 2.45) is 5.41 Å². The minimum absolute atomic E-state index is 0.621. The van der Waals surface area contributed by atoms with E-state index in [1.807, 2.05) is 0 Å². The maximum atomic E-state index is 3.71. The van der Waals surface area contributed by atoms with Crippen molar-refractivity contribution in [3.63, 3.8) is 0 Å². The van der Waals surface area contributed by atoms with Gasteiger partial charge in [0.15, 0.2) is 0 Å². The van der Waals surface area contributed by atoms with Gasteiger partial charge in [-0.3, -0.25) is 0 Å². The zero-order valence-electron chi connectivity index (χ0n) is 11.9. The molecule has 1 heterocycles. The van der Waals surface area contributed by atoms with Crippen molar-refractivity contribution in [1.29, 1.82) is 0 Å². The minimum atomic E-state index is 0.621. The van der Waals surface area contributed by atoms with Gasteiger partial charge in [0.1, 0.15) is 0 Å². The smallest absolute Gasteiger partial charge is 0.0742 e. The molecular formula is C16H23Br2NS. The summed E-state index contributed by atoms with van der Waals surface area (Å²) < 4.78 is 2.56. The Morgan fingerprint density at radius 1 is 1.20 bits per heavy atom. The topological polar surface area (TPSA) is 12.0 Å². The highest BCUT2D eigenvalue weighted by molar-refractivity contribution is 9.12. The normalized spacial score (nSPS) is 21.5. The minimum Gasteiger partial charge on any atom is -0.314 e. The summed E-state index contributed by atoms with van der Waals surface area (Å²) in [6, 6.07) is 3.15. The molecule has 2 saturated carbocycles. The summed E-state index contributed by atoms with van der Waals surface area (Å²) in [5, 5.41) is 3.71. The zero-order valence-corrected chi connectivity index (χ0v) is 15.9. The van der Waals surface area contributed by atoms with Gasteiger partial charge in [-0.05, 0) is 100 Å². The zero-order chi connectivity index (χ0) is 14.0. The fourth-order valence-electron chi connectivity index (χ4n) is 3.52. The molecule has 0 amide bonds. The summed E-state index contributed by atoms with van der Waals surface area (Å²) in [6.07, 6.45) is 12.6. The van der Waals surface area contributed by atoms with Crippen LogP contribution < -0.4 is 5.32 Å². The molecule has 4 heteroatoms. The highest BCUT2D eigenvalue weighted by Crippen LogP contribution is 2.45. The fraction of sp³-hybridized carbons (Fsp3) is 0.750. The molecule has 0 saturated heterocycles. The highest BCUT2D eigenvalue weighted by Gasteiger charge is 2.33. The number of thiophene rings is 1. The number of nitrogens with one attached hydrogen (secondary N) is 1. The fourth-order valence-corrected chi connectivity index (χ4v) is 6.44. The van der Waals surface area contributed by atoms with Gasteiger partial charge in [-0.25, -0.2) is 0 Å². The Balaban J connectivity index is 1.54. The first-order valence-corrected chi connectivity index (χ1v) is 10.2. The van der Waals surface area contributed by atoms with Gasteiger partial charge in [-0.2, -0.15) is 0 Å². The van der Waals surface area contributed by atoms with Crippen molar-refractivity contribution in [2.75, 3.05) is 6.54 Å². The van der Waals surface area contributed by atoms with Gasteiger partial charge in [0, 0.05) is 6.04 Å². The molecule has 20 heavy (non-hydrogen) atoms. The van der Waals surface area contributed by atoms with Crippen LogP contribution in [0.2, 0.25) is 0 Å². The van der Waals surface area contributed by atoms with E-state index in [0.717, 1.165) is 6.04 Å². The molecular weight excluding hydrogens is 398 g/mol. The maximum Gasteiger partial charge on any atom is 0.0742 e. The van der Waals surface area contributed by atoms with Crippen LogP contribution >= 0.6 is 43.2 Å². The van der Waals surface area contributed by atoms with Crippen LogP contribution in [0.5, 0.6) is 0 Å². The Morgan fingerprint density at radius 2 is 1.95 bits per heavy atom. The van der Waals surface area contributed by atoms with E-state index in [0.29, 0.717) is 5.41 Å². The van der Waals surface area contributed by atoms with E-state index >= 15 is 0 Å². The van der Waals surface area contributed by atoms with Crippen LogP contribution in [0.3, 0.4) is 0 Å². The van der Waals surface area contributed by atoms with Crippen LogP contribution in [-0.2, 0) is 6.42 Å². The number of halogens is 2. The van der Waals surface area contributed by atoms with Crippen molar-refractivity contribution in [1.82, 2.24) is 5.32 Å². The van der Waals surface area contributed by atoms with E-state index in [2.05, 4.69) is 43.2 Å². The summed E-state index contributed by atoms with van der Waals surface area (Å²) >= 11 is 9.10. The summed E-state index contributed by atoms with van der Waals surface area (Å²) in [7, 11) is 0. The van der Waals surface area contributed by atoms with Gasteiger partial charge in [-0.1, -0.05) is 12.8 Å². The second kappa shape index (κ2) is 6.80. The van der Waals surface area contributed by atoms with Gasteiger partial charge in [0.2, 0.25) is 0 Å². The Kier molecular flexibility index (Phi) is 5.28. The van der Waals surface area contributed by atoms with Crippen LogP contribution in [0.1, 0.15) is 56.9 Å². The van der Waals surface area contributed by atoms with E-state index in [1.54, 1.807) is 11.3 Å². The maximum absolute atomic E-state index is 3.71. The first-order valence-electron chi connectivity index (χ1n) is 7.84. The number of aryl methyl sites for hydroxylation is 1. The molecule has 0 radical (unpaired) electrons. The quantitative estimate of drug-likeness (QED) is 0.578. The van der Waals surface area contributed by atoms with Crippen molar-refractivity contribution in [3.05, 3.63) is 19.2 Å². The second-order valence-corrected chi connectivity index (χ2v) is 10.3. The van der Waals surface area contributed by atoms with Crippen LogP contribution in [0.25, 0.3) is 0 Å². The molecule has 1 aromatic rings. The van der Waals surface area contributed by atoms with Crippen LogP contribution in [0, 0.1) is 5.41 Å². The average molecular weight is 421 g/mol. The molecule has 3 rings (SSSR count). The van der Waals surface area contributed by atoms with Crippen molar-refractivity contribution in [3.8, 4) is 0 Å². The van der Waals surface area contributed by atoms with Gasteiger partial charge in [0.05, 0.1) is 7.57 Å². The van der Waals surface area contributed by atoms with E-state index in [-0.39, 0.29) is 0 Å². The third kappa shape index (κ3) is 4.08. The number of hydrogen-bond donors (Lipinski definition) is 1. The summed E-state index contributed by atoms with van der Waals surface area (Å²) in [5.74, 6) is 0. The van der Waals surface area contributed by atoms with E-state index < -0.39 is 0 Å². The SMILES string of the molecule is Brc1cc(CCC2(CCNC3CC3)CCCC2)c(Br)s1. The molecule has 0 bridgehead atoms. The molecule has 0 spiro atoms. The Morgan fingerprint density at radius 3 is 2.55 bits per heavy atom.